The lowest BCUT2D eigenvalue weighted by Gasteiger charge is -2.23. The lowest BCUT2D eigenvalue weighted by molar-refractivity contribution is -0.134. The molecule has 1 N–H and O–H groups in total. The first-order chi connectivity index (χ1) is 14.8. The molecule has 1 unspecified atom stereocenters. The van der Waals surface area contributed by atoms with Crippen LogP contribution in [0.25, 0.3) is 0 Å². The van der Waals surface area contributed by atoms with Gasteiger partial charge in [0.25, 0.3) is 0 Å². The molecular weight excluding hydrogens is 478 g/mol. The van der Waals surface area contributed by atoms with Crippen molar-refractivity contribution >= 4 is 33.4 Å². The Balaban J connectivity index is 1.42. The molecule has 3 heterocycles. The minimum atomic E-state index is -3.62. The summed E-state index contributed by atoms with van der Waals surface area (Å²) in [5, 5.41) is 2.16. The average Bonchev–Trinajstić information content (AvgIpc) is 3.41. The van der Waals surface area contributed by atoms with Gasteiger partial charge in [0.2, 0.25) is 12.7 Å². The van der Waals surface area contributed by atoms with Gasteiger partial charge in [-0.05, 0) is 24.1 Å². The highest BCUT2D eigenvalue weighted by atomic mass is 79.9. The number of rotatable bonds is 5. The van der Waals surface area contributed by atoms with Crippen LogP contribution in [0, 0.1) is 0 Å². The van der Waals surface area contributed by atoms with Gasteiger partial charge in [0.1, 0.15) is 17.8 Å². The van der Waals surface area contributed by atoms with E-state index >= 15 is 0 Å². The predicted molar refractivity (Wildman–Crippen MR) is 109 cm³/mol. The van der Waals surface area contributed by atoms with Gasteiger partial charge in [-0.25, -0.2) is 0 Å². The first-order valence-electron chi connectivity index (χ1n) is 9.66. The number of amides is 2. The molecule has 0 saturated carbocycles. The molecule has 0 aromatic heterocycles. The molecule has 3 aliphatic rings. The van der Waals surface area contributed by atoms with E-state index in [2.05, 4.69) is 5.32 Å². The fraction of sp³-hybridized carbons (Fsp3) is 0.333. The van der Waals surface area contributed by atoms with Gasteiger partial charge in [0, 0.05) is 46.3 Å². The number of alkyl halides is 3. The number of ether oxygens (including phenoxy) is 3. The summed E-state index contributed by atoms with van der Waals surface area (Å²) in [6.07, 6.45) is 0.305. The number of nitrogens with zero attached hydrogens (tertiary/aromatic N) is 1. The maximum atomic E-state index is 13.7. The van der Waals surface area contributed by atoms with Crippen LogP contribution in [-0.4, -0.2) is 43.1 Å². The topological polar surface area (TPSA) is 77.1 Å². The number of halogens is 3. The summed E-state index contributed by atoms with van der Waals surface area (Å²) in [6, 6.07) is 11.0. The van der Waals surface area contributed by atoms with Gasteiger partial charge >= 0.3 is 10.7 Å². The Morgan fingerprint density at radius 1 is 1.13 bits per heavy atom. The highest BCUT2D eigenvalue weighted by molar-refractivity contribution is 9.10. The zero-order valence-electron chi connectivity index (χ0n) is 16.1. The SMILES string of the molecule is O=C(NCCCN1C(=O)C2(COc3cc4c(cc32)OCO4)c2ccccc21)C(F)(F)Br. The van der Waals surface area contributed by atoms with E-state index in [0.717, 1.165) is 11.3 Å². The van der Waals surface area contributed by atoms with Gasteiger partial charge in [-0.1, -0.05) is 18.2 Å². The van der Waals surface area contributed by atoms with Gasteiger partial charge in [-0.15, -0.1) is 0 Å². The predicted octanol–water partition coefficient (Wildman–Crippen LogP) is 2.93. The van der Waals surface area contributed by atoms with E-state index in [0.29, 0.717) is 29.2 Å². The first kappa shape index (κ1) is 20.0. The molecule has 5 rings (SSSR count). The molecule has 0 fully saturated rings. The second-order valence-corrected chi connectivity index (χ2v) is 8.47. The minimum absolute atomic E-state index is 0.00471. The van der Waals surface area contributed by atoms with Crippen molar-refractivity contribution in [3.63, 3.8) is 0 Å². The molecule has 10 heteroatoms. The van der Waals surface area contributed by atoms with E-state index in [-0.39, 0.29) is 32.4 Å². The smallest absolute Gasteiger partial charge is 0.377 e. The summed E-state index contributed by atoms with van der Waals surface area (Å²) in [4.78, 5) is 23.0. The molecule has 1 atom stereocenters. The number of anilines is 1. The molecule has 3 aliphatic heterocycles. The normalized spacial score (nSPS) is 20.6. The maximum Gasteiger partial charge on any atom is 0.377 e. The van der Waals surface area contributed by atoms with E-state index in [4.69, 9.17) is 14.2 Å². The number of carbonyl (C=O) groups is 2. The molecule has 0 radical (unpaired) electrons. The zero-order chi connectivity index (χ0) is 21.8. The van der Waals surface area contributed by atoms with E-state index in [9.17, 15) is 18.4 Å². The fourth-order valence-electron chi connectivity index (χ4n) is 4.33. The summed E-state index contributed by atoms with van der Waals surface area (Å²) < 4.78 is 42.7. The number of nitrogens with one attached hydrogen (secondary N) is 1. The van der Waals surface area contributed by atoms with E-state index in [1.54, 1.807) is 17.0 Å². The number of hydrogen-bond acceptors (Lipinski definition) is 5. The highest BCUT2D eigenvalue weighted by Gasteiger charge is 2.57. The summed E-state index contributed by atoms with van der Waals surface area (Å²) in [5.41, 5.74) is 1.25. The maximum absolute atomic E-state index is 13.7. The van der Waals surface area contributed by atoms with Crippen molar-refractivity contribution in [2.75, 3.05) is 31.4 Å². The van der Waals surface area contributed by atoms with E-state index in [1.807, 2.05) is 40.2 Å². The van der Waals surface area contributed by atoms with E-state index in [1.165, 1.54) is 0 Å². The fourth-order valence-corrected chi connectivity index (χ4v) is 4.47. The van der Waals surface area contributed by atoms with Gasteiger partial charge in [0.15, 0.2) is 11.5 Å². The second kappa shape index (κ2) is 7.08. The van der Waals surface area contributed by atoms with Crippen molar-refractivity contribution in [1.29, 1.82) is 0 Å². The number of benzene rings is 2. The Labute approximate surface area is 184 Å². The third kappa shape index (κ3) is 3.03. The molecule has 2 aromatic rings. The molecule has 7 nitrogen and oxygen atoms in total. The molecule has 2 aromatic carbocycles. The van der Waals surface area contributed by atoms with Crippen LogP contribution in [0.1, 0.15) is 17.5 Å². The zero-order valence-corrected chi connectivity index (χ0v) is 17.7. The quantitative estimate of drug-likeness (QED) is 0.510. The molecular formula is C21H17BrF2N2O5. The van der Waals surface area contributed by atoms with Crippen molar-refractivity contribution in [1.82, 2.24) is 5.32 Å². The minimum Gasteiger partial charge on any atom is -0.491 e. The lowest BCUT2D eigenvalue weighted by Crippen LogP contribution is -2.43. The molecule has 0 bridgehead atoms. The van der Waals surface area contributed by atoms with Crippen LogP contribution in [0.4, 0.5) is 14.5 Å². The molecule has 0 saturated heterocycles. The first-order valence-corrected chi connectivity index (χ1v) is 10.4. The van der Waals surface area contributed by atoms with Gasteiger partial charge in [0.05, 0.1) is 0 Å². The third-order valence-corrected chi connectivity index (χ3v) is 6.11. The van der Waals surface area contributed by atoms with Crippen molar-refractivity contribution in [2.45, 2.75) is 16.7 Å². The number of hydrogen-bond donors (Lipinski definition) is 1. The highest BCUT2D eigenvalue weighted by Crippen LogP contribution is 2.54. The molecule has 0 aliphatic carbocycles. The summed E-state index contributed by atoms with van der Waals surface area (Å²) >= 11 is 2.03. The lowest BCUT2D eigenvalue weighted by atomic mass is 9.77. The summed E-state index contributed by atoms with van der Waals surface area (Å²) in [5.74, 6) is 0.132. The van der Waals surface area contributed by atoms with Crippen LogP contribution in [0.3, 0.4) is 0 Å². The number of fused-ring (bicyclic) bond motifs is 5. The van der Waals surface area contributed by atoms with Crippen molar-refractivity contribution in [3.8, 4) is 17.2 Å². The van der Waals surface area contributed by atoms with Crippen molar-refractivity contribution in [2.24, 2.45) is 0 Å². The number of para-hydroxylation sites is 1. The van der Waals surface area contributed by atoms with Crippen LogP contribution >= 0.6 is 15.9 Å². The molecule has 1 spiro atoms. The van der Waals surface area contributed by atoms with Gasteiger partial charge < -0.3 is 24.4 Å². The van der Waals surface area contributed by atoms with Crippen LogP contribution < -0.4 is 24.4 Å². The summed E-state index contributed by atoms with van der Waals surface area (Å²) in [7, 11) is 0. The van der Waals surface area contributed by atoms with Gasteiger partial charge in [-0.3, -0.25) is 9.59 Å². The molecule has 2 amide bonds. The number of carbonyl (C=O) groups excluding carboxylic acids is 2. The van der Waals surface area contributed by atoms with Crippen molar-refractivity contribution in [3.05, 3.63) is 47.5 Å². The Bertz CT molecular complexity index is 1090. The standard InChI is InChI=1S/C21H17BrF2N2O5/c22-21(23,24)18(27)25-6-3-7-26-14-5-2-1-4-12(14)20(19(26)28)10-29-15-9-17-16(8-13(15)20)30-11-31-17/h1-2,4-5,8-9H,3,6-7,10-11H2,(H,25,27). The molecule has 162 valence electrons. The Morgan fingerprint density at radius 2 is 1.87 bits per heavy atom. The van der Waals surface area contributed by atoms with Crippen LogP contribution in [0.5, 0.6) is 17.2 Å². The summed E-state index contributed by atoms with van der Waals surface area (Å²) in [6.45, 7) is 0.515. The van der Waals surface area contributed by atoms with Gasteiger partial charge in [-0.2, -0.15) is 8.78 Å². The Hall–Kier alpha value is -2.88. The Morgan fingerprint density at radius 3 is 2.65 bits per heavy atom. The third-order valence-electron chi connectivity index (χ3n) is 5.75. The Kier molecular flexibility index (Phi) is 4.58. The average molecular weight is 495 g/mol. The van der Waals surface area contributed by atoms with Crippen LogP contribution in [-0.2, 0) is 15.0 Å². The van der Waals surface area contributed by atoms with Crippen LogP contribution in [0.15, 0.2) is 36.4 Å². The second-order valence-electron chi connectivity index (χ2n) is 7.48. The monoisotopic (exact) mass is 494 g/mol. The van der Waals surface area contributed by atoms with E-state index < -0.39 is 16.2 Å². The van der Waals surface area contributed by atoms with Crippen LogP contribution in [0.2, 0.25) is 0 Å². The molecule has 31 heavy (non-hydrogen) atoms. The largest absolute Gasteiger partial charge is 0.491 e. The van der Waals surface area contributed by atoms with Crippen molar-refractivity contribution < 1.29 is 32.6 Å².